The Bertz CT molecular complexity index is 587. The number of amides is 2. The first-order chi connectivity index (χ1) is 11.0. The van der Waals surface area contributed by atoms with Crippen LogP contribution in [0.3, 0.4) is 0 Å². The van der Waals surface area contributed by atoms with Crippen LogP contribution in [0.1, 0.15) is 30.6 Å². The van der Waals surface area contributed by atoms with E-state index in [-0.39, 0.29) is 23.9 Å². The van der Waals surface area contributed by atoms with Gasteiger partial charge in [0.25, 0.3) is 5.91 Å². The van der Waals surface area contributed by atoms with Crippen LogP contribution in [0.15, 0.2) is 30.3 Å². The second-order valence-electron chi connectivity index (χ2n) is 6.81. The van der Waals surface area contributed by atoms with E-state index in [1.165, 1.54) is 0 Å². The molecule has 1 aromatic carbocycles. The third-order valence-corrected chi connectivity index (χ3v) is 5.13. The topological polar surface area (TPSA) is 52.7 Å². The lowest BCUT2D eigenvalue weighted by Crippen LogP contribution is -2.50. The number of nitrogens with one attached hydrogen (secondary N) is 1. The number of hydrogen-bond acceptors (Lipinski definition) is 3. The monoisotopic (exact) mass is 315 g/mol. The first-order valence-corrected chi connectivity index (χ1v) is 8.36. The van der Waals surface area contributed by atoms with Gasteiger partial charge in [0, 0.05) is 37.8 Å². The third kappa shape index (κ3) is 2.85. The molecule has 2 aliphatic rings. The molecule has 1 aromatic rings. The summed E-state index contributed by atoms with van der Waals surface area (Å²) in [6.45, 7) is 5.71. The number of rotatable bonds is 3. The summed E-state index contributed by atoms with van der Waals surface area (Å²) in [7, 11) is 1.69. The third-order valence-electron chi connectivity index (χ3n) is 5.13. The average molecular weight is 315 g/mol. The van der Waals surface area contributed by atoms with Gasteiger partial charge >= 0.3 is 0 Å². The lowest BCUT2D eigenvalue weighted by molar-refractivity contribution is -0.126. The molecule has 0 aromatic heterocycles. The van der Waals surface area contributed by atoms with Crippen LogP contribution in [-0.2, 0) is 4.79 Å². The number of likely N-dealkylation sites (N-methyl/N-ethyl adjacent to an activating group) is 1. The first kappa shape index (κ1) is 16.0. The molecule has 0 unspecified atom stereocenters. The van der Waals surface area contributed by atoms with E-state index >= 15 is 0 Å². The van der Waals surface area contributed by atoms with Gasteiger partial charge in [0.15, 0.2) is 0 Å². The summed E-state index contributed by atoms with van der Waals surface area (Å²) < 4.78 is 0. The molecule has 0 aliphatic carbocycles. The van der Waals surface area contributed by atoms with E-state index in [1.54, 1.807) is 7.05 Å². The number of nitrogens with zero attached hydrogens (tertiary/aromatic N) is 2. The van der Waals surface area contributed by atoms with E-state index in [4.69, 9.17) is 0 Å². The number of fused-ring (bicyclic) bond motifs is 1. The maximum absolute atomic E-state index is 12.7. The summed E-state index contributed by atoms with van der Waals surface area (Å²) in [5.41, 5.74) is 0.742. The number of benzene rings is 1. The Morgan fingerprint density at radius 3 is 2.48 bits per heavy atom. The fraction of sp³-hybridized carbons (Fsp3) is 0.556. The zero-order valence-electron chi connectivity index (χ0n) is 14.0. The predicted octanol–water partition coefficient (Wildman–Crippen LogP) is 1.36. The maximum atomic E-state index is 12.7. The predicted molar refractivity (Wildman–Crippen MR) is 89.1 cm³/mol. The molecule has 5 heteroatoms. The molecular weight excluding hydrogens is 290 g/mol. The summed E-state index contributed by atoms with van der Waals surface area (Å²) in [6.07, 6.45) is 0.834. The van der Waals surface area contributed by atoms with Gasteiger partial charge in [0.1, 0.15) is 0 Å². The van der Waals surface area contributed by atoms with Crippen LogP contribution < -0.4 is 5.32 Å². The van der Waals surface area contributed by atoms with Crippen LogP contribution in [0.5, 0.6) is 0 Å². The fourth-order valence-electron chi connectivity index (χ4n) is 4.14. The standard InChI is InChI=1S/C18H25N3O2/c1-12(2)21-15(17(22)19-3)9-14-10-20(11-16(14)21)18(23)13-7-5-4-6-8-13/h4-8,12,14-16H,9-11H2,1-3H3,(H,19,22)/t14-,15-,16+/m0/s1. The van der Waals surface area contributed by atoms with Gasteiger partial charge in [-0.25, -0.2) is 0 Å². The minimum atomic E-state index is -0.0658. The Balaban J connectivity index is 1.75. The second-order valence-corrected chi connectivity index (χ2v) is 6.81. The Morgan fingerprint density at radius 2 is 1.87 bits per heavy atom. The molecule has 3 rings (SSSR count). The number of hydrogen-bond donors (Lipinski definition) is 1. The van der Waals surface area contributed by atoms with Gasteiger partial charge in [-0.05, 0) is 38.3 Å². The SMILES string of the molecule is CNC(=O)[C@@H]1C[C@H]2CN(C(=O)c3ccccc3)C[C@H]2N1C(C)C. The van der Waals surface area contributed by atoms with Crippen molar-refractivity contribution in [3.05, 3.63) is 35.9 Å². The molecule has 2 fully saturated rings. The van der Waals surface area contributed by atoms with E-state index in [1.807, 2.05) is 35.2 Å². The van der Waals surface area contributed by atoms with E-state index in [2.05, 4.69) is 24.1 Å². The maximum Gasteiger partial charge on any atom is 0.253 e. The van der Waals surface area contributed by atoms with Crippen molar-refractivity contribution in [2.75, 3.05) is 20.1 Å². The molecule has 0 bridgehead atoms. The highest BCUT2D eigenvalue weighted by molar-refractivity contribution is 5.94. The zero-order chi connectivity index (χ0) is 16.6. The minimum Gasteiger partial charge on any atom is -0.358 e. The molecule has 1 N–H and O–H groups in total. The van der Waals surface area contributed by atoms with Crippen LogP contribution in [0.2, 0.25) is 0 Å². The average Bonchev–Trinajstić information content (AvgIpc) is 3.11. The van der Waals surface area contributed by atoms with E-state index in [0.717, 1.165) is 18.5 Å². The Hall–Kier alpha value is -1.88. The summed E-state index contributed by atoms with van der Waals surface area (Å²) in [5.74, 6) is 0.571. The van der Waals surface area contributed by atoms with Crippen LogP contribution in [-0.4, -0.2) is 59.9 Å². The molecule has 2 heterocycles. The molecule has 23 heavy (non-hydrogen) atoms. The Labute approximate surface area is 137 Å². The number of carbonyl (C=O) groups excluding carboxylic acids is 2. The van der Waals surface area contributed by atoms with E-state index in [9.17, 15) is 9.59 Å². The first-order valence-electron chi connectivity index (χ1n) is 8.36. The highest BCUT2D eigenvalue weighted by Crippen LogP contribution is 2.37. The lowest BCUT2D eigenvalue weighted by Gasteiger charge is -2.33. The molecule has 0 saturated carbocycles. The summed E-state index contributed by atoms with van der Waals surface area (Å²) in [6, 6.07) is 9.95. The smallest absolute Gasteiger partial charge is 0.253 e. The second kappa shape index (κ2) is 6.32. The number of carbonyl (C=O) groups is 2. The molecule has 5 nitrogen and oxygen atoms in total. The normalized spacial score (nSPS) is 27.3. The Morgan fingerprint density at radius 1 is 1.17 bits per heavy atom. The molecule has 2 amide bonds. The van der Waals surface area contributed by atoms with Crippen LogP contribution in [0, 0.1) is 5.92 Å². The zero-order valence-corrected chi connectivity index (χ0v) is 14.0. The number of likely N-dealkylation sites (tertiary alicyclic amines) is 2. The quantitative estimate of drug-likeness (QED) is 0.916. The van der Waals surface area contributed by atoms with Crippen molar-refractivity contribution in [2.24, 2.45) is 5.92 Å². The van der Waals surface area contributed by atoms with Crippen molar-refractivity contribution in [3.8, 4) is 0 Å². The van der Waals surface area contributed by atoms with Crippen LogP contribution in [0.25, 0.3) is 0 Å². The van der Waals surface area contributed by atoms with Gasteiger partial charge in [-0.3, -0.25) is 14.5 Å². The van der Waals surface area contributed by atoms with Crippen molar-refractivity contribution in [1.82, 2.24) is 15.1 Å². The van der Waals surface area contributed by atoms with E-state index in [0.29, 0.717) is 18.5 Å². The molecular formula is C18H25N3O2. The molecule has 124 valence electrons. The van der Waals surface area contributed by atoms with Crippen LogP contribution in [0.4, 0.5) is 0 Å². The van der Waals surface area contributed by atoms with Gasteiger partial charge in [-0.15, -0.1) is 0 Å². The van der Waals surface area contributed by atoms with Crippen molar-refractivity contribution >= 4 is 11.8 Å². The minimum absolute atomic E-state index is 0.0658. The fourth-order valence-corrected chi connectivity index (χ4v) is 4.14. The van der Waals surface area contributed by atoms with Gasteiger partial charge in [0.2, 0.25) is 5.91 Å². The van der Waals surface area contributed by atoms with Crippen molar-refractivity contribution in [3.63, 3.8) is 0 Å². The summed E-state index contributed by atoms with van der Waals surface area (Å²) in [5, 5.41) is 2.78. The van der Waals surface area contributed by atoms with Gasteiger partial charge in [0.05, 0.1) is 6.04 Å². The highest BCUT2D eigenvalue weighted by atomic mass is 16.2. The largest absolute Gasteiger partial charge is 0.358 e. The molecule has 3 atom stereocenters. The van der Waals surface area contributed by atoms with Crippen LogP contribution >= 0.6 is 0 Å². The summed E-state index contributed by atoms with van der Waals surface area (Å²) >= 11 is 0. The lowest BCUT2D eigenvalue weighted by atomic mass is 10.0. The van der Waals surface area contributed by atoms with Crippen molar-refractivity contribution in [2.45, 2.75) is 38.4 Å². The highest BCUT2D eigenvalue weighted by Gasteiger charge is 2.50. The van der Waals surface area contributed by atoms with Crippen molar-refractivity contribution < 1.29 is 9.59 Å². The summed E-state index contributed by atoms with van der Waals surface area (Å²) in [4.78, 5) is 29.1. The molecule has 2 saturated heterocycles. The van der Waals surface area contributed by atoms with Gasteiger partial charge in [-0.1, -0.05) is 18.2 Å². The van der Waals surface area contributed by atoms with Gasteiger partial charge < -0.3 is 10.2 Å². The van der Waals surface area contributed by atoms with Crippen molar-refractivity contribution in [1.29, 1.82) is 0 Å². The molecule has 2 aliphatic heterocycles. The Kier molecular flexibility index (Phi) is 4.39. The van der Waals surface area contributed by atoms with E-state index < -0.39 is 0 Å². The van der Waals surface area contributed by atoms with Gasteiger partial charge in [-0.2, -0.15) is 0 Å². The molecule has 0 spiro atoms. The molecule has 0 radical (unpaired) electrons.